The van der Waals surface area contributed by atoms with Crippen LogP contribution in [0, 0.1) is 12.8 Å². The molecule has 7 heteroatoms. The predicted molar refractivity (Wildman–Crippen MR) is 112 cm³/mol. The van der Waals surface area contributed by atoms with Gasteiger partial charge in [0, 0.05) is 31.8 Å². The molecule has 0 aliphatic carbocycles. The van der Waals surface area contributed by atoms with Crippen LogP contribution in [-0.4, -0.2) is 61.5 Å². The molecule has 29 heavy (non-hydrogen) atoms. The maximum absolute atomic E-state index is 12.9. The number of hydrogen-bond acceptors (Lipinski definition) is 4. The molecule has 1 aliphatic heterocycles. The molecular weight excluding hydrogens is 370 g/mol. The molecule has 1 aromatic rings. The Morgan fingerprint density at radius 2 is 1.76 bits per heavy atom. The fourth-order valence-corrected chi connectivity index (χ4v) is 3.46. The molecule has 160 valence electrons. The summed E-state index contributed by atoms with van der Waals surface area (Å²) in [6, 6.07) is 6.69. The van der Waals surface area contributed by atoms with E-state index in [1.54, 1.807) is 17.0 Å². The molecule has 1 aromatic carbocycles. The average Bonchev–Trinajstić information content (AvgIpc) is 2.72. The number of carbonyl (C=O) groups is 3. The molecule has 7 nitrogen and oxygen atoms in total. The Morgan fingerprint density at radius 3 is 2.31 bits per heavy atom. The molecule has 2 rings (SSSR count). The molecule has 1 aliphatic rings. The molecule has 0 aromatic heterocycles. The summed E-state index contributed by atoms with van der Waals surface area (Å²) in [4.78, 5) is 39.5. The molecule has 2 unspecified atom stereocenters. The van der Waals surface area contributed by atoms with Gasteiger partial charge in [0.1, 0.15) is 12.6 Å². The summed E-state index contributed by atoms with van der Waals surface area (Å²) < 4.78 is 4.92. The van der Waals surface area contributed by atoms with E-state index in [0.29, 0.717) is 31.5 Å². The number of likely N-dealkylation sites (tertiary alicyclic amines) is 1. The lowest BCUT2D eigenvalue weighted by molar-refractivity contribution is -0.136. The fraction of sp³-hybridized carbons (Fsp3) is 0.591. The molecule has 0 spiro atoms. The molecule has 2 atom stereocenters. The van der Waals surface area contributed by atoms with Gasteiger partial charge in [-0.1, -0.05) is 24.6 Å². The zero-order chi connectivity index (χ0) is 21.4. The third-order valence-corrected chi connectivity index (χ3v) is 5.52. The van der Waals surface area contributed by atoms with Gasteiger partial charge in [-0.3, -0.25) is 14.4 Å². The Kier molecular flexibility index (Phi) is 8.64. The number of carbonyl (C=O) groups excluding carboxylic acids is 3. The van der Waals surface area contributed by atoms with Crippen molar-refractivity contribution in [3.8, 4) is 0 Å². The van der Waals surface area contributed by atoms with Crippen LogP contribution in [0.5, 0.6) is 0 Å². The second kappa shape index (κ2) is 11.0. The molecule has 0 saturated carbocycles. The summed E-state index contributed by atoms with van der Waals surface area (Å²) in [7, 11) is 1.50. The average molecular weight is 404 g/mol. The maximum atomic E-state index is 12.9. The van der Waals surface area contributed by atoms with E-state index in [1.807, 2.05) is 32.9 Å². The first kappa shape index (κ1) is 22.9. The van der Waals surface area contributed by atoms with Crippen LogP contribution < -0.4 is 10.6 Å². The third-order valence-electron chi connectivity index (χ3n) is 5.52. The van der Waals surface area contributed by atoms with Gasteiger partial charge in [-0.2, -0.15) is 0 Å². The molecule has 3 amide bonds. The monoisotopic (exact) mass is 403 g/mol. The second-order valence-electron chi connectivity index (χ2n) is 7.79. The van der Waals surface area contributed by atoms with E-state index in [1.165, 1.54) is 7.11 Å². The topological polar surface area (TPSA) is 87.7 Å². The van der Waals surface area contributed by atoms with E-state index in [2.05, 4.69) is 10.6 Å². The number of ether oxygens (including phenoxy) is 1. The van der Waals surface area contributed by atoms with Crippen LogP contribution in [0.25, 0.3) is 0 Å². The van der Waals surface area contributed by atoms with Crippen molar-refractivity contribution >= 4 is 17.7 Å². The van der Waals surface area contributed by atoms with Crippen molar-refractivity contribution in [2.75, 3.05) is 26.8 Å². The number of hydrogen-bond donors (Lipinski definition) is 2. The van der Waals surface area contributed by atoms with Crippen LogP contribution in [-0.2, 0) is 14.3 Å². The van der Waals surface area contributed by atoms with E-state index in [9.17, 15) is 14.4 Å². The Morgan fingerprint density at radius 1 is 1.14 bits per heavy atom. The lowest BCUT2D eigenvalue weighted by Gasteiger charge is -2.36. The summed E-state index contributed by atoms with van der Waals surface area (Å²) in [6.45, 7) is 7.09. The number of aryl methyl sites for hydroxylation is 1. The normalized spacial score (nSPS) is 16.8. The molecule has 1 saturated heterocycles. The summed E-state index contributed by atoms with van der Waals surface area (Å²) in [6.07, 6.45) is 2.12. The van der Waals surface area contributed by atoms with Crippen LogP contribution in [0.2, 0.25) is 0 Å². The van der Waals surface area contributed by atoms with Gasteiger partial charge < -0.3 is 20.3 Å². The minimum atomic E-state index is -0.627. The van der Waals surface area contributed by atoms with Gasteiger partial charge >= 0.3 is 0 Å². The lowest BCUT2D eigenvalue weighted by atomic mass is 9.88. The molecule has 1 fully saturated rings. The number of benzene rings is 1. The van der Waals surface area contributed by atoms with Gasteiger partial charge in [0.05, 0.1) is 0 Å². The van der Waals surface area contributed by atoms with Gasteiger partial charge in [-0.05, 0) is 51.2 Å². The summed E-state index contributed by atoms with van der Waals surface area (Å²) in [5.41, 5.74) is 1.60. The van der Waals surface area contributed by atoms with Gasteiger partial charge in [-0.25, -0.2) is 0 Å². The Hall–Kier alpha value is -2.41. The first-order chi connectivity index (χ1) is 13.8. The van der Waals surface area contributed by atoms with Crippen molar-refractivity contribution in [2.24, 2.45) is 5.92 Å². The molecule has 0 radical (unpaired) electrons. The summed E-state index contributed by atoms with van der Waals surface area (Å²) >= 11 is 0. The van der Waals surface area contributed by atoms with Crippen LogP contribution in [0.3, 0.4) is 0 Å². The quantitative estimate of drug-likeness (QED) is 0.694. The standard InChI is InChI=1S/C22H33N3O4/c1-5-16(3)23-22(28)20(24-21(27)18-8-6-15(2)7-9-18)17-10-12-25(13-11-17)19(26)14-29-4/h6-9,16-17,20H,5,10-14H2,1-4H3,(H,23,28)(H,24,27). The third kappa shape index (κ3) is 6.56. The largest absolute Gasteiger partial charge is 0.375 e. The fourth-order valence-electron chi connectivity index (χ4n) is 3.46. The Bertz CT molecular complexity index is 697. The highest BCUT2D eigenvalue weighted by Gasteiger charge is 2.34. The summed E-state index contributed by atoms with van der Waals surface area (Å²) in [5.74, 6) is -0.496. The zero-order valence-corrected chi connectivity index (χ0v) is 17.9. The Balaban J connectivity index is 2.09. The van der Waals surface area contributed by atoms with Crippen LogP contribution in [0.4, 0.5) is 0 Å². The van der Waals surface area contributed by atoms with Crippen molar-refractivity contribution in [1.82, 2.24) is 15.5 Å². The number of rotatable bonds is 8. The number of nitrogens with zero attached hydrogens (tertiary/aromatic N) is 1. The van der Waals surface area contributed by atoms with Crippen molar-refractivity contribution in [3.63, 3.8) is 0 Å². The zero-order valence-electron chi connectivity index (χ0n) is 17.9. The van der Waals surface area contributed by atoms with Gasteiger partial charge in [0.25, 0.3) is 5.91 Å². The minimum absolute atomic E-state index is 0.0277. The number of amides is 3. The Labute approximate surface area is 173 Å². The van der Waals surface area contributed by atoms with Crippen LogP contribution >= 0.6 is 0 Å². The van der Waals surface area contributed by atoms with Crippen molar-refractivity contribution in [1.29, 1.82) is 0 Å². The van der Waals surface area contributed by atoms with E-state index >= 15 is 0 Å². The van der Waals surface area contributed by atoms with Gasteiger partial charge in [-0.15, -0.1) is 0 Å². The predicted octanol–water partition coefficient (Wildman–Crippen LogP) is 1.89. The maximum Gasteiger partial charge on any atom is 0.251 e. The highest BCUT2D eigenvalue weighted by atomic mass is 16.5. The number of piperidine rings is 1. The van der Waals surface area contributed by atoms with Crippen LogP contribution in [0.1, 0.15) is 49.0 Å². The van der Waals surface area contributed by atoms with Crippen molar-refractivity contribution in [2.45, 2.75) is 52.1 Å². The first-order valence-corrected chi connectivity index (χ1v) is 10.3. The molecule has 2 N–H and O–H groups in total. The molecule has 1 heterocycles. The SMILES string of the molecule is CCC(C)NC(=O)C(NC(=O)c1ccc(C)cc1)C1CCN(C(=O)COC)CC1. The summed E-state index contributed by atoms with van der Waals surface area (Å²) in [5, 5.41) is 5.93. The van der Waals surface area contributed by atoms with Crippen molar-refractivity contribution < 1.29 is 19.1 Å². The van der Waals surface area contributed by atoms with E-state index in [-0.39, 0.29) is 36.3 Å². The van der Waals surface area contributed by atoms with E-state index < -0.39 is 6.04 Å². The molecule has 0 bridgehead atoms. The number of nitrogens with one attached hydrogen (secondary N) is 2. The van der Waals surface area contributed by atoms with Crippen LogP contribution in [0.15, 0.2) is 24.3 Å². The smallest absolute Gasteiger partial charge is 0.251 e. The van der Waals surface area contributed by atoms with Gasteiger partial charge in [0.2, 0.25) is 11.8 Å². The number of methoxy groups -OCH3 is 1. The van der Waals surface area contributed by atoms with Gasteiger partial charge in [0.15, 0.2) is 0 Å². The van der Waals surface area contributed by atoms with E-state index in [4.69, 9.17) is 4.74 Å². The lowest BCUT2D eigenvalue weighted by Crippen LogP contribution is -2.55. The highest BCUT2D eigenvalue weighted by molar-refractivity contribution is 5.97. The highest BCUT2D eigenvalue weighted by Crippen LogP contribution is 2.22. The minimum Gasteiger partial charge on any atom is -0.375 e. The second-order valence-corrected chi connectivity index (χ2v) is 7.79. The molecular formula is C22H33N3O4. The van der Waals surface area contributed by atoms with E-state index in [0.717, 1.165) is 12.0 Å². The van der Waals surface area contributed by atoms with Crippen molar-refractivity contribution in [3.05, 3.63) is 35.4 Å². The first-order valence-electron chi connectivity index (χ1n) is 10.3.